The molecular weight excluding hydrogens is 198 g/mol. The zero-order chi connectivity index (χ0) is 11.8. The maximum absolute atomic E-state index is 6.05. The Hall–Kier alpha value is -0.0800. The van der Waals surface area contributed by atoms with E-state index in [1.54, 1.807) is 0 Å². The van der Waals surface area contributed by atoms with Crippen LogP contribution in [0.25, 0.3) is 0 Å². The van der Waals surface area contributed by atoms with Crippen LogP contribution in [-0.4, -0.2) is 25.3 Å². The van der Waals surface area contributed by atoms with E-state index in [-0.39, 0.29) is 0 Å². The molecule has 2 nitrogen and oxygen atoms in total. The van der Waals surface area contributed by atoms with Crippen LogP contribution in [0.4, 0.5) is 0 Å². The molecule has 1 aliphatic rings. The van der Waals surface area contributed by atoms with E-state index in [4.69, 9.17) is 4.74 Å². The summed E-state index contributed by atoms with van der Waals surface area (Å²) in [6.45, 7) is 8.63. The quantitative estimate of drug-likeness (QED) is 0.686. The van der Waals surface area contributed by atoms with Crippen molar-refractivity contribution in [1.82, 2.24) is 5.32 Å². The number of nitrogens with one attached hydrogen (secondary N) is 1. The van der Waals surface area contributed by atoms with E-state index >= 15 is 0 Å². The average Bonchev–Trinajstić information content (AvgIpc) is 2.75. The molecule has 1 rings (SSSR count). The highest BCUT2D eigenvalue weighted by molar-refractivity contribution is 4.69. The van der Waals surface area contributed by atoms with E-state index in [0.29, 0.717) is 12.1 Å². The maximum atomic E-state index is 6.05. The van der Waals surface area contributed by atoms with Gasteiger partial charge in [-0.25, -0.2) is 0 Å². The molecule has 96 valence electrons. The Bertz CT molecular complexity index is 164. The fourth-order valence-corrected chi connectivity index (χ4v) is 2.38. The van der Waals surface area contributed by atoms with Gasteiger partial charge in [0.05, 0.1) is 6.10 Å². The van der Waals surface area contributed by atoms with Gasteiger partial charge in [0, 0.05) is 19.2 Å². The number of hydrogen-bond acceptors (Lipinski definition) is 2. The first-order valence-electron chi connectivity index (χ1n) is 7.07. The monoisotopic (exact) mass is 227 g/mol. The van der Waals surface area contributed by atoms with Gasteiger partial charge in [0.25, 0.3) is 0 Å². The van der Waals surface area contributed by atoms with Crippen LogP contribution in [0.2, 0.25) is 0 Å². The molecule has 1 aliphatic carbocycles. The zero-order valence-electron chi connectivity index (χ0n) is 11.3. The molecule has 0 aromatic rings. The van der Waals surface area contributed by atoms with E-state index in [1.807, 2.05) is 0 Å². The minimum atomic E-state index is 0.424. The first-order chi connectivity index (χ1) is 7.72. The van der Waals surface area contributed by atoms with Crippen LogP contribution in [0.1, 0.15) is 59.3 Å². The van der Waals surface area contributed by atoms with Gasteiger partial charge in [-0.05, 0) is 25.2 Å². The van der Waals surface area contributed by atoms with Gasteiger partial charge in [-0.2, -0.15) is 0 Å². The molecule has 1 saturated carbocycles. The average molecular weight is 227 g/mol. The minimum Gasteiger partial charge on any atom is -0.377 e. The Balaban J connectivity index is 2.15. The van der Waals surface area contributed by atoms with Crippen molar-refractivity contribution in [3.63, 3.8) is 0 Å². The Morgan fingerprint density at radius 2 is 1.94 bits per heavy atom. The third-order valence-corrected chi connectivity index (χ3v) is 3.41. The predicted octanol–water partition coefficient (Wildman–Crippen LogP) is 3.36. The highest BCUT2D eigenvalue weighted by atomic mass is 16.5. The third kappa shape index (κ3) is 5.86. The molecule has 16 heavy (non-hydrogen) atoms. The molecule has 0 saturated heterocycles. The van der Waals surface area contributed by atoms with Gasteiger partial charge in [0.15, 0.2) is 0 Å². The van der Waals surface area contributed by atoms with Crippen molar-refractivity contribution in [2.24, 2.45) is 5.92 Å². The molecule has 1 N–H and O–H groups in total. The van der Waals surface area contributed by atoms with E-state index in [9.17, 15) is 0 Å². The van der Waals surface area contributed by atoms with Crippen molar-refractivity contribution in [2.75, 3.05) is 13.2 Å². The van der Waals surface area contributed by atoms with Gasteiger partial charge in [-0.15, -0.1) is 0 Å². The second-order valence-corrected chi connectivity index (χ2v) is 5.46. The molecule has 1 atom stereocenters. The second-order valence-electron chi connectivity index (χ2n) is 5.46. The van der Waals surface area contributed by atoms with Crippen LogP contribution in [0.3, 0.4) is 0 Å². The zero-order valence-corrected chi connectivity index (χ0v) is 11.3. The summed E-state index contributed by atoms with van der Waals surface area (Å²) < 4.78 is 6.05. The Labute approximate surface area is 101 Å². The normalized spacial score (nSPS) is 19.5. The molecule has 0 aromatic heterocycles. The van der Waals surface area contributed by atoms with Crippen molar-refractivity contribution in [1.29, 1.82) is 0 Å². The Morgan fingerprint density at radius 3 is 2.50 bits per heavy atom. The van der Waals surface area contributed by atoms with E-state index in [1.165, 1.54) is 38.5 Å². The van der Waals surface area contributed by atoms with Gasteiger partial charge in [0.2, 0.25) is 0 Å². The molecule has 0 amide bonds. The first kappa shape index (κ1) is 14.0. The van der Waals surface area contributed by atoms with Crippen LogP contribution in [0, 0.1) is 5.92 Å². The van der Waals surface area contributed by atoms with Crippen molar-refractivity contribution in [2.45, 2.75) is 71.4 Å². The SMILES string of the molecule is CCCC(CNC(C)C)OCC1CCCC1. The van der Waals surface area contributed by atoms with E-state index in [2.05, 4.69) is 26.1 Å². The number of hydrogen-bond donors (Lipinski definition) is 1. The lowest BCUT2D eigenvalue weighted by Crippen LogP contribution is -2.34. The fourth-order valence-electron chi connectivity index (χ4n) is 2.38. The van der Waals surface area contributed by atoms with Gasteiger partial charge >= 0.3 is 0 Å². The molecule has 0 aliphatic heterocycles. The topological polar surface area (TPSA) is 21.3 Å². The largest absolute Gasteiger partial charge is 0.377 e. The van der Waals surface area contributed by atoms with Crippen LogP contribution < -0.4 is 5.32 Å². The molecule has 2 heteroatoms. The Morgan fingerprint density at radius 1 is 1.25 bits per heavy atom. The lowest BCUT2D eigenvalue weighted by atomic mass is 10.1. The Kier molecular flexibility index (Phi) is 7.06. The third-order valence-electron chi connectivity index (χ3n) is 3.41. The van der Waals surface area contributed by atoms with E-state index < -0.39 is 0 Å². The van der Waals surface area contributed by atoms with Gasteiger partial charge in [0.1, 0.15) is 0 Å². The van der Waals surface area contributed by atoms with Crippen LogP contribution in [0.15, 0.2) is 0 Å². The summed E-state index contributed by atoms with van der Waals surface area (Å²) in [5.41, 5.74) is 0. The second kappa shape index (κ2) is 8.08. The first-order valence-corrected chi connectivity index (χ1v) is 7.07. The lowest BCUT2D eigenvalue weighted by molar-refractivity contribution is 0.0242. The summed E-state index contributed by atoms with van der Waals surface area (Å²) in [6.07, 6.45) is 8.43. The molecule has 0 heterocycles. The summed E-state index contributed by atoms with van der Waals surface area (Å²) in [7, 11) is 0. The predicted molar refractivity (Wildman–Crippen MR) is 69.7 cm³/mol. The summed E-state index contributed by atoms with van der Waals surface area (Å²) in [6, 6.07) is 0.564. The lowest BCUT2D eigenvalue weighted by Gasteiger charge is -2.21. The van der Waals surface area contributed by atoms with Crippen molar-refractivity contribution in [3.05, 3.63) is 0 Å². The van der Waals surface area contributed by atoms with E-state index in [0.717, 1.165) is 19.1 Å². The van der Waals surface area contributed by atoms with Crippen LogP contribution in [0.5, 0.6) is 0 Å². The summed E-state index contributed by atoms with van der Waals surface area (Å²) in [5, 5.41) is 3.48. The number of ether oxygens (including phenoxy) is 1. The highest BCUT2D eigenvalue weighted by Gasteiger charge is 2.17. The maximum Gasteiger partial charge on any atom is 0.0699 e. The molecule has 1 fully saturated rings. The van der Waals surface area contributed by atoms with Gasteiger partial charge < -0.3 is 10.1 Å². The highest BCUT2D eigenvalue weighted by Crippen LogP contribution is 2.25. The van der Waals surface area contributed by atoms with Crippen molar-refractivity contribution < 1.29 is 4.74 Å². The molecule has 0 aromatic carbocycles. The summed E-state index contributed by atoms with van der Waals surface area (Å²) in [4.78, 5) is 0. The fraction of sp³-hybridized carbons (Fsp3) is 1.00. The van der Waals surface area contributed by atoms with Gasteiger partial charge in [-0.3, -0.25) is 0 Å². The smallest absolute Gasteiger partial charge is 0.0699 e. The van der Waals surface area contributed by atoms with Gasteiger partial charge in [-0.1, -0.05) is 40.0 Å². The van der Waals surface area contributed by atoms with Crippen LogP contribution in [-0.2, 0) is 4.74 Å². The summed E-state index contributed by atoms with van der Waals surface area (Å²) in [5.74, 6) is 0.846. The van der Waals surface area contributed by atoms with Crippen molar-refractivity contribution >= 4 is 0 Å². The molecule has 0 bridgehead atoms. The number of rotatable bonds is 8. The molecule has 0 spiro atoms. The molecule has 1 unspecified atom stereocenters. The van der Waals surface area contributed by atoms with Crippen LogP contribution >= 0.6 is 0 Å². The molecule has 0 radical (unpaired) electrons. The summed E-state index contributed by atoms with van der Waals surface area (Å²) >= 11 is 0. The standard InChI is InChI=1S/C14H29NO/c1-4-7-14(10-15-12(2)3)16-11-13-8-5-6-9-13/h12-15H,4-11H2,1-3H3. The minimum absolute atomic E-state index is 0.424. The van der Waals surface area contributed by atoms with Crippen molar-refractivity contribution in [3.8, 4) is 0 Å². The molecular formula is C14H29NO.